The van der Waals surface area contributed by atoms with Crippen molar-refractivity contribution in [2.75, 3.05) is 63.8 Å². The van der Waals surface area contributed by atoms with Gasteiger partial charge in [-0.15, -0.1) is 0 Å². The Morgan fingerprint density at radius 2 is 1.90 bits per heavy atom. The zero-order valence-corrected chi connectivity index (χ0v) is 22.7. The molecule has 1 amide bonds. The van der Waals surface area contributed by atoms with Crippen molar-refractivity contribution in [3.05, 3.63) is 70.9 Å². The van der Waals surface area contributed by atoms with Crippen LogP contribution in [0.15, 0.2) is 48.7 Å². The fourth-order valence-corrected chi connectivity index (χ4v) is 4.53. The number of hydrogen-bond donors (Lipinski definition) is 2. The second-order valence-electron chi connectivity index (χ2n) is 9.86. The van der Waals surface area contributed by atoms with Crippen molar-refractivity contribution >= 4 is 17.3 Å². The molecule has 4 rings (SSSR count). The van der Waals surface area contributed by atoms with E-state index >= 15 is 0 Å². The van der Waals surface area contributed by atoms with Crippen molar-refractivity contribution in [3.63, 3.8) is 0 Å². The van der Waals surface area contributed by atoms with Crippen molar-refractivity contribution in [2.45, 2.75) is 19.6 Å². The molecule has 0 atom stereocenters. The van der Waals surface area contributed by atoms with Crippen LogP contribution in [-0.4, -0.2) is 74.5 Å². The number of carbonyl (C=O) groups excluding carboxylic acids is 1. The summed E-state index contributed by atoms with van der Waals surface area (Å²) in [5.41, 5.74) is 3.14. The number of rotatable bonds is 9. The second-order valence-corrected chi connectivity index (χ2v) is 9.86. The number of aliphatic hydroxyl groups is 1. The average Bonchev–Trinajstić information content (AvgIpc) is 2.92. The highest BCUT2D eigenvalue weighted by Crippen LogP contribution is 2.35. The molecule has 0 saturated carbocycles. The lowest BCUT2D eigenvalue weighted by atomic mass is 10.00. The predicted octanol–water partition coefficient (Wildman–Crippen LogP) is 4.60. The third kappa shape index (κ3) is 7.29. The normalized spacial score (nSPS) is 13.9. The molecule has 1 fully saturated rings. The Morgan fingerprint density at radius 1 is 1.15 bits per heavy atom. The van der Waals surface area contributed by atoms with E-state index in [9.17, 15) is 23.1 Å². The Balaban J connectivity index is 1.64. The summed E-state index contributed by atoms with van der Waals surface area (Å²) in [6, 6.07) is 10.7. The first-order valence-electron chi connectivity index (χ1n) is 12.9. The van der Waals surface area contributed by atoms with Crippen molar-refractivity contribution in [1.82, 2.24) is 9.88 Å². The van der Waals surface area contributed by atoms with Crippen LogP contribution in [-0.2, 0) is 17.5 Å². The number of benzene rings is 2. The van der Waals surface area contributed by atoms with Gasteiger partial charge in [-0.05, 0) is 74.1 Å². The molecule has 0 radical (unpaired) electrons. The van der Waals surface area contributed by atoms with Crippen LogP contribution in [0.25, 0.3) is 11.1 Å². The molecule has 40 heavy (non-hydrogen) atoms. The molecule has 0 aliphatic carbocycles. The Labute approximate surface area is 231 Å². The first-order valence-corrected chi connectivity index (χ1v) is 12.9. The molecule has 1 aromatic heterocycles. The number of pyridine rings is 1. The fourth-order valence-electron chi connectivity index (χ4n) is 4.53. The number of ether oxygens (including phenoxy) is 2. The number of aryl methyl sites for hydroxylation is 1. The molecule has 2 heterocycles. The molecular weight excluding hydrogens is 525 g/mol. The van der Waals surface area contributed by atoms with Crippen LogP contribution in [0.5, 0.6) is 5.88 Å². The van der Waals surface area contributed by atoms with Gasteiger partial charge in [0.25, 0.3) is 5.91 Å². The second kappa shape index (κ2) is 12.7. The van der Waals surface area contributed by atoms with Crippen molar-refractivity contribution in [1.29, 1.82) is 0 Å². The van der Waals surface area contributed by atoms with Gasteiger partial charge in [0.15, 0.2) is 0 Å². The fraction of sp³-hybridized carbons (Fsp3) is 0.379. The largest absolute Gasteiger partial charge is 0.474 e. The summed E-state index contributed by atoms with van der Waals surface area (Å²) in [4.78, 5) is 21.5. The Kier molecular flexibility index (Phi) is 9.28. The number of carbonyl (C=O) groups is 1. The molecule has 11 heteroatoms. The quantitative estimate of drug-likeness (QED) is 0.397. The number of nitrogens with one attached hydrogen (secondary N) is 1. The predicted molar refractivity (Wildman–Crippen MR) is 147 cm³/mol. The van der Waals surface area contributed by atoms with Crippen molar-refractivity contribution in [3.8, 4) is 17.0 Å². The van der Waals surface area contributed by atoms with E-state index in [0.717, 1.165) is 34.5 Å². The topological polar surface area (TPSA) is 87.2 Å². The molecule has 1 saturated heterocycles. The molecule has 3 aromatic rings. The van der Waals surface area contributed by atoms with E-state index < -0.39 is 17.6 Å². The summed E-state index contributed by atoms with van der Waals surface area (Å²) in [5.74, 6) is -0.235. The lowest BCUT2D eigenvalue weighted by Gasteiger charge is -2.30. The van der Waals surface area contributed by atoms with Gasteiger partial charge in [-0.25, -0.2) is 4.98 Å². The number of halogens is 3. The minimum Gasteiger partial charge on any atom is -0.474 e. The third-order valence-corrected chi connectivity index (χ3v) is 6.40. The number of alkyl halides is 3. The number of amides is 1. The van der Waals surface area contributed by atoms with E-state index in [1.54, 1.807) is 37.3 Å². The van der Waals surface area contributed by atoms with E-state index in [4.69, 9.17) is 9.47 Å². The summed E-state index contributed by atoms with van der Waals surface area (Å²) < 4.78 is 51.8. The lowest BCUT2D eigenvalue weighted by Crippen LogP contribution is -2.36. The first kappa shape index (κ1) is 29.3. The van der Waals surface area contributed by atoms with E-state index in [0.29, 0.717) is 43.4 Å². The molecular formula is C29H33F3N4O4. The number of aromatic nitrogens is 1. The Bertz CT molecular complexity index is 1340. The highest BCUT2D eigenvalue weighted by atomic mass is 19.4. The van der Waals surface area contributed by atoms with Gasteiger partial charge in [0.1, 0.15) is 12.3 Å². The number of nitrogens with zero attached hydrogens (tertiary/aromatic N) is 3. The van der Waals surface area contributed by atoms with Crippen LogP contribution in [0, 0.1) is 6.92 Å². The van der Waals surface area contributed by atoms with Crippen LogP contribution in [0.2, 0.25) is 0 Å². The molecule has 8 nitrogen and oxygen atoms in total. The smallest absolute Gasteiger partial charge is 0.416 e. The Hall–Kier alpha value is -3.67. The van der Waals surface area contributed by atoms with Crippen LogP contribution in [0.4, 0.5) is 24.5 Å². The third-order valence-electron chi connectivity index (χ3n) is 6.40. The number of anilines is 2. The first-order chi connectivity index (χ1) is 19.0. The number of hydrogen-bond acceptors (Lipinski definition) is 7. The molecule has 214 valence electrons. The monoisotopic (exact) mass is 558 g/mol. The highest BCUT2D eigenvalue weighted by molar-refractivity contribution is 6.05. The van der Waals surface area contributed by atoms with Crippen LogP contribution in [0.1, 0.15) is 27.0 Å². The molecule has 1 aliphatic rings. The van der Waals surface area contributed by atoms with Gasteiger partial charge in [0.2, 0.25) is 5.88 Å². The van der Waals surface area contributed by atoms with Crippen LogP contribution >= 0.6 is 0 Å². The molecule has 0 unspecified atom stereocenters. The van der Waals surface area contributed by atoms with E-state index in [-0.39, 0.29) is 25.3 Å². The summed E-state index contributed by atoms with van der Waals surface area (Å²) in [6.45, 7) is 4.59. The maximum atomic E-state index is 13.5. The van der Waals surface area contributed by atoms with E-state index in [2.05, 4.69) is 15.2 Å². The zero-order chi connectivity index (χ0) is 28.9. The van der Waals surface area contributed by atoms with E-state index in [1.165, 1.54) is 6.07 Å². The molecule has 0 bridgehead atoms. The average molecular weight is 559 g/mol. The standard InChI is InChI=1S/C29H33F3N4O4/c1-19-4-5-24(34-27(38)21-12-20(18-35(2)3)13-23(14-21)29(30,31)32)16-25(19)22-15-26(36-6-9-39-10-7-36)28(33-17-22)40-11-8-37/h4-5,12-17,37H,6-11,18H2,1-3H3,(H,34,38). The molecule has 2 N–H and O–H groups in total. The lowest BCUT2D eigenvalue weighted by molar-refractivity contribution is -0.137. The van der Waals surface area contributed by atoms with Gasteiger partial charge in [0, 0.05) is 42.6 Å². The summed E-state index contributed by atoms with van der Waals surface area (Å²) in [6.07, 6.45) is -2.92. The number of aliphatic hydroxyl groups excluding tert-OH is 1. The minimum atomic E-state index is -4.58. The SMILES string of the molecule is Cc1ccc(NC(=O)c2cc(CN(C)C)cc(C(F)(F)F)c2)cc1-c1cnc(OCCO)c(N2CCOCC2)c1. The maximum Gasteiger partial charge on any atom is 0.416 e. The number of morpholine rings is 1. The van der Waals surface area contributed by atoms with Gasteiger partial charge >= 0.3 is 6.18 Å². The summed E-state index contributed by atoms with van der Waals surface area (Å²) in [7, 11) is 3.50. The van der Waals surface area contributed by atoms with Crippen molar-refractivity contribution in [2.24, 2.45) is 0 Å². The van der Waals surface area contributed by atoms with Crippen molar-refractivity contribution < 1.29 is 32.5 Å². The zero-order valence-electron chi connectivity index (χ0n) is 22.7. The van der Waals surface area contributed by atoms with Gasteiger partial charge < -0.3 is 29.7 Å². The molecule has 2 aromatic carbocycles. The maximum absolute atomic E-state index is 13.5. The Morgan fingerprint density at radius 3 is 2.58 bits per heavy atom. The summed E-state index contributed by atoms with van der Waals surface area (Å²) >= 11 is 0. The van der Waals surface area contributed by atoms with Crippen LogP contribution in [0.3, 0.4) is 0 Å². The summed E-state index contributed by atoms with van der Waals surface area (Å²) in [5, 5.41) is 12.0. The van der Waals surface area contributed by atoms with Gasteiger partial charge in [-0.3, -0.25) is 4.79 Å². The van der Waals surface area contributed by atoms with Gasteiger partial charge in [-0.2, -0.15) is 13.2 Å². The molecule has 1 aliphatic heterocycles. The minimum absolute atomic E-state index is 0.0737. The van der Waals surface area contributed by atoms with E-state index in [1.807, 2.05) is 19.1 Å². The van der Waals surface area contributed by atoms with Crippen LogP contribution < -0.4 is 15.0 Å². The molecule has 0 spiro atoms. The van der Waals surface area contributed by atoms with Gasteiger partial charge in [0.05, 0.1) is 25.4 Å². The van der Waals surface area contributed by atoms with Gasteiger partial charge in [-0.1, -0.05) is 6.07 Å². The highest BCUT2D eigenvalue weighted by Gasteiger charge is 2.32.